The van der Waals surface area contributed by atoms with E-state index >= 15 is 0 Å². The third kappa shape index (κ3) is 4.66. The second-order valence-electron chi connectivity index (χ2n) is 5.17. The Bertz CT molecular complexity index is 793. The molecule has 0 saturated carbocycles. The van der Waals surface area contributed by atoms with Gasteiger partial charge >= 0.3 is 0 Å². The number of carbonyl (C=O) groups is 2. The predicted octanol–water partition coefficient (Wildman–Crippen LogP) is 1.67. The van der Waals surface area contributed by atoms with E-state index in [0.29, 0.717) is 17.5 Å². The molecule has 0 saturated heterocycles. The molecule has 1 aromatic carbocycles. The Labute approximate surface area is 148 Å². The van der Waals surface area contributed by atoms with Crippen molar-refractivity contribution in [1.29, 1.82) is 0 Å². The van der Waals surface area contributed by atoms with Crippen molar-refractivity contribution in [3.8, 4) is 0 Å². The van der Waals surface area contributed by atoms with E-state index in [2.05, 4.69) is 22.1 Å². The Hall–Kier alpha value is -2.68. The minimum absolute atomic E-state index is 0.0486. The number of hydrogen-bond acceptors (Lipinski definition) is 5. The molecular formula is C16H18FN5O2S. The molecule has 25 heavy (non-hydrogen) atoms. The number of hydrogen-bond donors (Lipinski definition) is 2. The summed E-state index contributed by atoms with van der Waals surface area (Å²) in [5.74, 6) is -1.09. The summed E-state index contributed by atoms with van der Waals surface area (Å²) in [6, 6.07) is 5.20. The molecule has 9 heteroatoms. The van der Waals surface area contributed by atoms with Crippen LogP contribution in [-0.4, -0.2) is 32.3 Å². The fourth-order valence-electron chi connectivity index (χ4n) is 2.15. The summed E-state index contributed by atoms with van der Waals surface area (Å²) >= 11 is 1.15. The predicted molar refractivity (Wildman–Crippen MR) is 92.4 cm³/mol. The maximum atomic E-state index is 13.7. The molecule has 0 aliphatic heterocycles. The first-order chi connectivity index (χ1) is 11.9. The Morgan fingerprint density at radius 3 is 2.80 bits per heavy atom. The smallest absolute Gasteiger partial charge is 0.254 e. The largest absolute Gasteiger partial charge is 0.369 e. The number of amides is 2. The molecule has 7 nitrogen and oxygen atoms in total. The molecule has 0 aliphatic carbocycles. The summed E-state index contributed by atoms with van der Waals surface area (Å²) in [5.41, 5.74) is 5.10. The lowest BCUT2D eigenvalue weighted by Gasteiger charge is -2.15. The number of nitrogens with one attached hydrogen (secondary N) is 1. The lowest BCUT2D eigenvalue weighted by atomic mass is 10.2. The molecule has 1 heterocycles. The number of nitrogens with two attached hydrogens (primary N) is 1. The van der Waals surface area contributed by atoms with Gasteiger partial charge in [0.05, 0.1) is 17.4 Å². The number of nitrogens with zero attached hydrogens (tertiary/aromatic N) is 3. The van der Waals surface area contributed by atoms with Crippen molar-refractivity contribution in [2.45, 2.75) is 24.7 Å². The summed E-state index contributed by atoms with van der Waals surface area (Å²) in [4.78, 5) is 23.2. The van der Waals surface area contributed by atoms with E-state index in [-0.39, 0.29) is 11.3 Å². The number of aromatic nitrogens is 3. The van der Waals surface area contributed by atoms with Gasteiger partial charge in [-0.25, -0.2) is 4.39 Å². The van der Waals surface area contributed by atoms with Gasteiger partial charge in [-0.1, -0.05) is 30.0 Å². The molecule has 0 aliphatic rings. The topological polar surface area (TPSA) is 103 Å². The van der Waals surface area contributed by atoms with Gasteiger partial charge in [0.25, 0.3) is 5.91 Å². The van der Waals surface area contributed by atoms with Crippen molar-refractivity contribution in [3.63, 3.8) is 0 Å². The Kier molecular flexibility index (Phi) is 6.29. The number of carbonyl (C=O) groups excluding carboxylic acids is 2. The van der Waals surface area contributed by atoms with Gasteiger partial charge in [0.15, 0.2) is 11.0 Å². The van der Waals surface area contributed by atoms with Gasteiger partial charge in [0, 0.05) is 6.54 Å². The molecule has 0 unspecified atom stereocenters. The molecule has 1 atom stereocenters. The lowest BCUT2D eigenvalue weighted by molar-refractivity contribution is -0.115. The molecule has 132 valence electrons. The van der Waals surface area contributed by atoms with Crippen LogP contribution in [0.3, 0.4) is 0 Å². The van der Waals surface area contributed by atoms with E-state index in [0.717, 1.165) is 11.8 Å². The number of benzene rings is 1. The monoisotopic (exact) mass is 363 g/mol. The van der Waals surface area contributed by atoms with Crippen LogP contribution in [0.25, 0.3) is 0 Å². The summed E-state index contributed by atoms with van der Waals surface area (Å²) in [6.45, 7) is 5.78. The van der Waals surface area contributed by atoms with Crippen molar-refractivity contribution in [1.82, 2.24) is 20.1 Å². The number of primary amides is 1. The molecule has 1 aromatic heterocycles. The molecule has 2 amide bonds. The number of allylic oxidation sites excluding steroid dienone is 1. The van der Waals surface area contributed by atoms with E-state index in [1.165, 1.54) is 18.2 Å². The van der Waals surface area contributed by atoms with Gasteiger partial charge in [-0.2, -0.15) is 0 Å². The van der Waals surface area contributed by atoms with Crippen molar-refractivity contribution in [3.05, 3.63) is 54.1 Å². The molecule has 0 spiro atoms. The number of halogens is 1. The molecule has 0 radical (unpaired) electrons. The molecule has 2 aromatic rings. The van der Waals surface area contributed by atoms with Crippen LogP contribution in [0.1, 0.15) is 29.1 Å². The fourth-order valence-corrected chi connectivity index (χ4v) is 2.84. The third-order valence-electron chi connectivity index (χ3n) is 3.25. The SMILES string of the molecule is C=CCn1c(SCC(N)=O)nnc1[C@H](C)NC(=O)c1ccccc1F. The summed E-state index contributed by atoms with van der Waals surface area (Å²) in [5, 5.41) is 11.3. The van der Waals surface area contributed by atoms with Gasteiger partial charge in [-0.3, -0.25) is 9.59 Å². The summed E-state index contributed by atoms with van der Waals surface area (Å²) in [6.07, 6.45) is 1.65. The van der Waals surface area contributed by atoms with Gasteiger partial charge in [0.1, 0.15) is 5.82 Å². The van der Waals surface area contributed by atoms with Crippen LogP contribution in [0.5, 0.6) is 0 Å². The highest BCUT2D eigenvalue weighted by Gasteiger charge is 2.21. The highest BCUT2D eigenvalue weighted by Crippen LogP contribution is 2.21. The summed E-state index contributed by atoms with van der Waals surface area (Å²) in [7, 11) is 0. The van der Waals surface area contributed by atoms with Gasteiger partial charge in [-0.05, 0) is 19.1 Å². The molecule has 3 N–H and O–H groups in total. The highest BCUT2D eigenvalue weighted by molar-refractivity contribution is 7.99. The zero-order valence-corrected chi connectivity index (χ0v) is 14.4. The Morgan fingerprint density at radius 1 is 1.44 bits per heavy atom. The van der Waals surface area contributed by atoms with Crippen molar-refractivity contribution in [2.24, 2.45) is 5.73 Å². The minimum Gasteiger partial charge on any atom is -0.369 e. The molecule has 2 rings (SSSR count). The normalized spacial score (nSPS) is 11.8. The van der Waals surface area contributed by atoms with E-state index in [9.17, 15) is 14.0 Å². The minimum atomic E-state index is -0.600. The first-order valence-electron chi connectivity index (χ1n) is 7.44. The second kappa shape index (κ2) is 8.43. The van der Waals surface area contributed by atoms with E-state index < -0.39 is 23.7 Å². The van der Waals surface area contributed by atoms with Gasteiger partial charge in [-0.15, -0.1) is 16.8 Å². The zero-order chi connectivity index (χ0) is 18.4. The van der Waals surface area contributed by atoms with Crippen molar-refractivity contribution in [2.75, 3.05) is 5.75 Å². The fraction of sp³-hybridized carbons (Fsp3) is 0.250. The standard InChI is InChI=1S/C16H18FN5O2S/c1-3-8-22-14(20-21-16(22)25-9-13(18)23)10(2)19-15(24)11-6-4-5-7-12(11)17/h3-7,10H,1,8-9H2,2H3,(H2,18,23)(H,19,24)/t10-/m0/s1. The second-order valence-corrected chi connectivity index (χ2v) is 6.11. The first kappa shape index (κ1) is 18.7. The quantitative estimate of drug-likeness (QED) is 0.549. The third-order valence-corrected chi connectivity index (χ3v) is 4.24. The van der Waals surface area contributed by atoms with Crippen molar-refractivity contribution < 1.29 is 14.0 Å². The maximum absolute atomic E-state index is 13.7. The number of rotatable bonds is 8. The molecule has 0 bridgehead atoms. The average Bonchev–Trinajstić information content (AvgIpc) is 2.96. The summed E-state index contributed by atoms with van der Waals surface area (Å²) < 4.78 is 15.4. The van der Waals surface area contributed by atoms with Gasteiger partial charge in [0.2, 0.25) is 5.91 Å². The Balaban J connectivity index is 2.19. The lowest BCUT2D eigenvalue weighted by Crippen LogP contribution is -2.29. The van der Waals surface area contributed by atoms with E-state index in [1.807, 2.05) is 0 Å². The van der Waals surface area contributed by atoms with Crippen LogP contribution in [-0.2, 0) is 11.3 Å². The molecule has 0 fully saturated rings. The van der Waals surface area contributed by atoms with Crippen LogP contribution in [0.4, 0.5) is 4.39 Å². The maximum Gasteiger partial charge on any atom is 0.254 e. The first-order valence-corrected chi connectivity index (χ1v) is 8.43. The Morgan fingerprint density at radius 2 is 2.16 bits per heavy atom. The van der Waals surface area contributed by atoms with E-state index in [4.69, 9.17) is 5.73 Å². The molecular weight excluding hydrogens is 345 g/mol. The highest BCUT2D eigenvalue weighted by atomic mass is 32.2. The van der Waals surface area contributed by atoms with Crippen LogP contribution >= 0.6 is 11.8 Å². The van der Waals surface area contributed by atoms with Crippen molar-refractivity contribution >= 4 is 23.6 Å². The van der Waals surface area contributed by atoms with Crippen LogP contribution in [0.2, 0.25) is 0 Å². The number of thioether (sulfide) groups is 1. The van der Waals surface area contributed by atoms with Gasteiger partial charge < -0.3 is 15.6 Å². The zero-order valence-electron chi connectivity index (χ0n) is 13.6. The van der Waals surface area contributed by atoms with Crippen LogP contribution < -0.4 is 11.1 Å². The van der Waals surface area contributed by atoms with Crippen LogP contribution in [0.15, 0.2) is 42.1 Å². The van der Waals surface area contributed by atoms with E-state index in [1.54, 1.807) is 23.6 Å². The van der Waals surface area contributed by atoms with Crippen LogP contribution in [0, 0.1) is 5.82 Å². The average molecular weight is 363 g/mol.